The average molecular weight is 634 g/mol. The van der Waals surface area contributed by atoms with Gasteiger partial charge >= 0.3 is 0 Å². The van der Waals surface area contributed by atoms with Crippen molar-refractivity contribution in [2.45, 2.75) is 57.1 Å². The first-order valence-electron chi connectivity index (χ1n) is 14.7. The molecule has 0 spiro atoms. The molecule has 0 aliphatic rings. The number of nitrogens with zero attached hydrogens (tertiary/aromatic N) is 2. The molecule has 4 aromatic rings. The first kappa shape index (κ1) is 33.3. The van der Waals surface area contributed by atoms with Crippen molar-refractivity contribution in [3.63, 3.8) is 0 Å². The van der Waals surface area contributed by atoms with Crippen LogP contribution in [-0.4, -0.2) is 43.8 Å². The molecule has 0 saturated heterocycles. The molecule has 0 heterocycles. The van der Waals surface area contributed by atoms with Crippen molar-refractivity contribution in [1.82, 2.24) is 10.2 Å². The number of carbonyl (C=O) groups excluding carboxylic acids is 2. The van der Waals surface area contributed by atoms with Crippen molar-refractivity contribution in [3.8, 4) is 0 Å². The van der Waals surface area contributed by atoms with E-state index in [9.17, 15) is 22.4 Å². The number of anilines is 1. The smallest absolute Gasteiger partial charge is 0.264 e. The van der Waals surface area contributed by atoms with Gasteiger partial charge in [-0.3, -0.25) is 13.9 Å². The first-order chi connectivity index (χ1) is 21.5. The highest BCUT2D eigenvalue weighted by molar-refractivity contribution is 7.92. The zero-order chi connectivity index (χ0) is 32.6. The van der Waals surface area contributed by atoms with Crippen molar-refractivity contribution in [2.75, 3.05) is 10.8 Å². The summed E-state index contributed by atoms with van der Waals surface area (Å²) in [7, 11) is -4.43. The molecule has 236 valence electrons. The SMILES string of the molecule is CC[C@H](C)NC(=O)[C@@H](Cc1ccccc1)N(Cc1ccc(F)cc1)C(=O)CN(c1ccccc1F)S(=O)(=O)c1ccc(C)cc1. The molecule has 0 radical (unpaired) electrons. The van der Waals surface area contributed by atoms with Crippen LogP contribution in [0.15, 0.2) is 108 Å². The normalized spacial score (nSPS) is 12.6. The van der Waals surface area contributed by atoms with Gasteiger partial charge in [-0.25, -0.2) is 17.2 Å². The Morgan fingerprint density at radius 3 is 2.07 bits per heavy atom. The molecule has 0 fully saturated rings. The van der Waals surface area contributed by atoms with Crippen molar-refractivity contribution in [1.29, 1.82) is 0 Å². The van der Waals surface area contributed by atoms with Crippen molar-refractivity contribution in [3.05, 3.63) is 131 Å². The molecule has 0 saturated carbocycles. The molecule has 1 N–H and O–H groups in total. The second-order valence-electron chi connectivity index (χ2n) is 10.9. The Morgan fingerprint density at radius 2 is 1.44 bits per heavy atom. The largest absolute Gasteiger partial charge is 0.352 e. The number of rotatable bonds is 13. The van der Waals surface area contributed by atoms with E-state index in [0.29, 0.717) is 12.0 Å². The molecular weight excluding hydrogens is 596 g/mol. The van der Waals surface area contributed by atoms with Crippen LogP contribution in [0, 0.1) is 18.6 Å². The second-order valence-corrected chi connectivity index (χ2v) is 12.8. The lowest BCUT2D eigenvalue weighted by atomic mass is 10.0. The third-order valence-electron chi connectivity index (χ3n) is 7.55. The molecule has 0 aliphatic carbocycles. The van der Waals surface area contributed by atoms with Crippen LogP contribution in [0.4, 0.5) is 14.5 Å². The summed E-state index contributed by atoms with van der Waals surface area (Å²) in [6.45, 7) is 4.65. The molecule has 10 heteroatoms. The number of para-hydroxylation sites is 1. The second kappa shape index (κ2) is 14.9. The molecule has 0 aliphatic heterocycles. The quantitative estimate of drug-likeness (QED) is 0.195. The van der Waals surface area contributed by atoms with Gasteiger partial charge in [-0.05, 0) is 67.8 Å². The van der Waals surface area contributed by atoms with Crippen molar-refractivity contribution in [2.24, 2.45) is 0 Å². The van der Waals surface area contributed by atoms with E-state index < -0.39 is 46.1 Å². The number of sulfonamides is 1. The molecular formula is C35H37F2N3O4S. The zero-order valence-electron chi connectivity index (χ0n) is 25.5. The topological polar surface area (TPSA) is 86.8 Å². The van der Waals surface area contributed by atoms with Gasteiger partial charge in [0.15, 0.2) is 0 Å². The fraction of sp³-hybridized carbons (Fsp3) is 0.257. The zero-order valence-corrected chi connectivity index (χ0v) is 26.3. The number of amides is 2. The Hall–Kier alpha value is -4.57. The highest BCUT2D eigenvalue weighted by Gasteiger charge is 2.35. The number of halogens is 2. The van der Waals surface area contributed by atoms with Crippen LogP contribution >= 0.6 is 0 Å². The van der Waals surface area contributed by atoms with Crippen LogP contribution in [-0.2, 0) is 32.6 Å². The minimum Gasteiger partial charge on any atom is -0.352 e. The van der Waals surface area contributed by atoms with E-state index in [1.54, 1.807) is 19.1 Å². The summed E-state index contributed by atoms with van der Waals surface area (Å²) < 4.78 is 57.7. The van der Waals surface area contributed by atoms with Crippen LogP contribution in [0.2, 0.25) is 0 Å². The maximum absolute atomic E-state index is 15.2. The molecule has 45 heavy (non-hydrogen) atoms. The van der Waals surface area contributed by atoms with Crippen LogP contribution in [0.25, 0.3) is 0 Å². The molecule has 0 aromatic heterocycles. The van der Waals surface area contributed by atoms with E-state index in [1.807, 2.05) is 44.2 Å². The van der Waals surface area contributed by atoms with Gasteiger partial charge in [0, 0.05) is 19.0 Å². The number of aryl methyl sites for hydroxylation is 1. The standard InChI is InChI=1S/C35H37F2N3O4S/c1-4-26(3)38-35(42)33(22-27-10-6-5-7-11-27)39(23-28-16-18-29(36)19-17-28)34(41)24-40(32-13-9-8-12-31(32)37)45(43,44)30-20-14-25(2)15-21-30/h5-21,26,33H,4,22-24H2,1-3H3,(H,38,42)/t26-,33+/m0/s1. The van der Waals surface area contributed by atoms with Gasteiger partial charge < -0.3 is 10.2 Å². The lowest BCUT2D eigenvalue weighted by Gasteiger charge is -2.34. The van der Waals surface area contributed by atoms with Gasteiger partial charge in [0.25, 0.3) is 10.0 Å². The summed E-state index contributed by atoms with van der Waals surface area (Å²) in [5.41, 5.74) is 1.82. The Bertz CT molecular complexity index is 1700. The lowest BCUT2D eigenvalue weighted by molar-refractivity contribution is -0.140. The van der Waals surface area contributed by atoms with E-state index >= 15 is 4.39 Å². The molecule has 4 rings (SSSR count). The van der Waals surface area contributed by atoms with Crippen molar-refractivity contribution >= 4 is 27.5 Å². The van der Waals surface area contributed by atoms with Crippen LogP contribution in [0.5, 0.6) is 0 Å². The average Bonchev–Trinajstić information content (AvgIpc) is 3.03. The van der Waals surface area contributed by atoms with E-state index in [0.717, 1.165) is 21.5 Å². The lowest BCUT2D eigenvalue weighted by Crippen LogP contribution is -2.54. The number of hydrogen-bond donors (Lipinski definition) is 1. The Labute approximate surface area is 263 Å². The van der Waals surface area contributed by atoms with E-state index in [2.05, 4.69) is 5.32 Å². The van der Waals surface area contributed by atoms with Crippen LogP contribution in [0.3, 0.4) is 0 Å². The Balaban J connectivity index is 1.81. The fourth-order valence-electron chi connectivity index (χ4n) is 4.79. The third-order valence-corrected chi connectivity index (χ3v) is 9.32. The predicted molar refractivity (Wildman–Crippen MR) is 171 cm³/mol. The van der Waals surface area contributed by atoms with Crippen LogP contribution in [0.1, 0.15) is 37.0 Å². The monoisotopic (exact) mass is 633 g/mol. The summed E-state index contributed by atoms with van der Waals surface area (Å²) in [5, 5.41) is 2.95. The van der Waals surface area contributed by atoms with Gasteiger partial charge in [-0.2, -0.15) is 0 Å². The summed E-state index contributed by atoms with van der Waals surface area (Å²) in [4.78, 5) is 29.4. The Kier molecular flexibility index (Phi) is 11.1. The molecule has 7 nitrogen and oxygen atoms in total. The molecule has 0 bridgehead atoms. The van der Waals surface area contributed by atoms with E-state index in [4.69, 9.17) is 0 Å². The summed E-state index contributed by atoms with van der Waals surface area (Å²) >= 11 is 0. The number of hydrogen-bond acceptors (Lipinski definition) is 4. The maximum Gasteiger partial charge on any atom is 0.264 e. The van der Waals surface area contributed by atoms with E-state index in [1.165, 1.54) is 59.5 Å². The third kappa shape index (κ3) is 8.54. The predicted octanol–water partition coefficient (Wildman–Crippen LogP) is 6.02. The summed E-state index contributed by atoms with van der Waals surface area (Å²) in [6.07, 6.45) is 0.770. The summed E-state index contributed by atoms with van der Waals surface area (Å²) in [5.74, 6) is -2.47. The maximum atomic E-state index is 15.2. The fourth-order valence-corrected chi connectivity index (χ4v) is 6.21. The van der Waals surface area contributed by atoms with Crippen LogP contribution < -0.4 is 9.62 Å². The highest BCUT2D eigenvalue weighted by Crippen LogP contribution is 2.27. The van der Waals surface area contributed by atoms with Gasteiger partial charge in [0.2, 0.25) is 11.8 Å². The molecule has 2 amide bonds. The molecule has 4 aromatic carbocycles. The Morgan fingerprint density at radius 1 is 0.822 bits per heavy atom. The van der Waals surface area contributed by atoms with Gasteiger partial charge in [-0.15, -0.1) is 0 Å². The number of benzene rings is 4. The molecule has 0 unspecified atom stereocenters. The highest BCUT2D eigenvalue weighted by atomic mass is 32.2. The van der Waals surface area contributed by atoms with E-state index in [-0.39, 0.29) is 29.6 Å². The number of carbonyl (C=O) groups is 2. The van der Waals surface area contributed by atoms with Gasteiger partial charge in [0.1, 0.15) is 24.2 Å². The first-order valence-corrected chi connectivity index (χ1v) is 16.2. The summed E-state index contributed by atoms with van der Waals surface area (Å²) in [6, 6.07) is 24.7. The minimum absolute atomic E-state index is 0.121. The van der Waals surface area contributed by atoms with Gasteiger partial charge in [0.05, 0.1) is 10.6 Å². The minimum atomic E-state index is -4.43. The van der Waals surface area contributed by atoms with Gasteiger partial charge in [-0.1, -0.05) is 79.2 Å². The van der Waals surface area contributed by atoms with Crippen molar-refractivity contribution < 1.29 is 26.8 Å². The molecule has 2 atom stereocenters. The number of nitrogens with one attached hydrogen (secondary N) is 1.